The number of rotatable bonds is 7. The normalized spacial score (nSPS) is 13.7. The number of hydrogen-bond acceptors (Lipinski definition) is 8. The van der Waals surface area contributed by atoms with Gasteiger partial charge in [0.05, 0.1) is 25.1 Å². The molecule has 35 heavy (non-hydrogen) atoms. The van der Waals surface area contributed by atoms with Crippen molar-refractivity contribution in [3.05, 3.63) is 61.0 Å². The summed E-state index contributed by atoms with van der Waals surface area (Å²) in [7, 11) is 1.84. The first kappa shape index (κ1) is 22.5. The van der Waals surface area contributed by atoms with Crippen molar-refractivity contribution in [3.8, 4) is 5.69 Å². The number of anilines is 3. The fraction of sp³-hybridized carbons (Fsp3) is 0.261. The van der Waals surface area contributed by atoms with Gasteiger partial charge in [-0.25, -0.2) is 9.37 Å². The van der Waals surface area contributed by atoms with Crippen LogP contribution in [0.15, 0.2) is 49.6 Å². The van der Waals surface area contributed by atoms with Gasteiger partial charge in [-0.1, -0.05) is 12.6 Å². The number of nitrogens with zero attached hydrogens (tertiary/aromatic N) is 7. The number of imidazole rings is 1. The second-order valence-electron chi connectivity index (χ2n) is 7.98. The van der Waals surface area contributed by atoms with E-state index in [1.54, 1.807) is 29.3 Å². The summed E-state index contributed by atoms with van der Waals surface area (Å²) >= 11 is 0. The summed E-state index contributed by atoms with van der Waals surface area (Å²) in [5.74, 6) is 0.164. The number of carbonyl (C=O) groups is 1. The number of nitrogens with one attached hydrogen (secondary N) is 2. The molecular weight excluding hydrogens is 453 g/mol. The molecule has 5 rings (SSSR count). The van der Waals surface area contributed by atoms with Crippen molar-refractivity contribution in [3.63, 3.8) is 0 Å². The second-order valence-corrected chi connectivity index (χ2v) is 7.98. The molecule has 0 spiro atoms. The van der Waals surface area contributed by atoms with E-state index in [4.69, 9.17) is 14.7 Å². The Morgan fingerprint density at radius 3 is 2.83 bits per heavy atom. The van der Waals surface area contributed by atoms with Crippen LogP contribution in [0, 0.1) is 5.82 Å². The largest absolute Gasteiger partial charge is 0.378 e. The second kappa shape index (κ2) is 9.50. The molecule has 2 N–H and O–H groups in total. The number of hydrogen-bond donors (Lipinski definition) is 2. The summed E-state index contributed by atoms with van der Waals surface area (Å²) in [5, 5.41) is 10.0. The molecule has 0 bridgehead atoms. The average Bonchev–Trinajstić information content (AvgIpc) is 3.49. The lowest BCUT2D eigenvalue weighted by molar-refractivity contribution is -0.111. The maximum absolute atomic E-state index is 14.7. The zero-order valence-corrected chi connectivity index (χ0v) is 19.1. The van der Waals surface area contributed by atoms with Crippen LogP contribution in [0.2, 0.25) is 0 Å². The molecule has 0 aliphatic carbocycles. The van der Waals surface area contributed by atoms with Crippen LogP contribution < -0.4 is 15.5 Å². The Hall–Kier alpha value is -4.32. The Balaban J connectivity index is 1.47. The molecule has 1 amide bonds. The molecule has 0 saturated carbocycles. The monoisotopic (exact) mass is 477 g/mol. The van der Waals surface area contributed by atoms with E-state index < -0.39 is 11.7 Å². The molecule has 1 aromatic carbocycles. The number of aryl methyl sites for hydroxylation is 1. The SMILES string of the molecule is C=CC(=O)Nc1ccc(CNc2nc(N3CCOCC3)nc3c2ncn3-c2cnn(C)c2)c(F)c1. The number of benzene rings is 1. The number of ether oxygens (including phenoxy) is 1. The van der Waals surface area contributed by atoms with E-state index in [1.807, 2.05) is 22.7 Å². The summed E-state index contributed by atoms with van der Waals surface area (Å²) in [5.41, 5.74) is 2.75. The lowest BCUT2D eigenvalue weighted by Crippen LogP contribution is -2.37. The smallest absolute Gasteiger partial charge is 0.247 e. The van der Waals surface area contributed by atoms with Crippen molar-refractivity contribution >= 4 is 34.5 Å². The molecule has 4 aromatic rings. The first-order chi connectivity index (χ1) is 17.0. The number of carbonyl (C=O) groups excluding carboxylic acids is 1. The quantitative estimate of drug-likeness (QED) is 0.390. The lowest BCUT2D eigenvalue weighted by atomic mass is 10.2. The summed E-state index contributed by atoms with van der Waals surface area (Å²) in [6.45, 7) is 6.07. The summed E-state index contributed by atoms with van der Waals surface area (Å²) in [4.78, 5) is 27.5. The molecule has 1 saturated heterocycles. The van der Waals surface area contributed by atoms with Gasteiger partial charge in [-0.15, -0.1) is 0 Å². The highest BCUT2D eigenvalue weighted by atomic mass is 19.1. The standard InChI is InChI=1S/C23H24FN9O2/c1-3-19(34)28-16-5-4-15(18(24)10-16)11-25-21-20-22(30-23(29-21)32-6-8-35-9-7-32)33(14-26-20)17-12-27-31(2)13-17/h3-5,10,12-14H,1,6-9,11H2,2H3,(H,28,34)(H,25,29,30). The highest BCUT2D eigenvalue weighted by Gasteiger charge is 2.20. The first-order valence-corrected chi connectivity index (χ1v) is 11.0. The van der Waals surface area contributed by atoms with Gasteiger partial charge >= 0.3 is 0 Å². The van der Waals surface area contributed by atoms with Crippen molar-refractivity contribution in [2.24, 2.45) is 7.05 Å². The van der Waals surface area contributed by atoms with Crippen LogP contribution in [0.3, 0.4) is 0 Å². The van der Waals surface area contributed by atoms with Crippen molar-refractivity contribution in [1.82, 2.24) is 29.3 Å². The molecule has 11 nitrogen and oxygen atoms in total. The minimum atomic E-state index is -0.459. The van der Waals surface area contributed by atoms with Gasteiger partial charge in [0.2, 0.25) is 11.9 Å². The Kier molecular flexibility index (Phi) is 6.10. The fourth-order valence-corrected chi connectivity index (χ4v) is 3.78. The van der Waals surface area contributed by atoms with E-state index in [-0.39, 0.29) is 6.54 Å². The fourth-order valence-electron chi connectivity index (χ4n) is 3.78. The molecule has 1 aliphatic heterocycles. The van der Waals surface area contributed by atoms with Gasteiger partial charge in [0, 0.05) is 44.1 Å². The molecule has 4 heterocycles. The lowest BCUT2D eigenvalue weighted by Gasteiger charge is -2.27. The van der Waals surface area contributed by atoms with Gasteiger partial charge < -0.3 is 20.3 Å². The minimum absolute atomic E-state index is 0.163. The average molecular weight is 478 g/mol. The Morgan fingerprint density at radius 1 is 1.29 bits per heavy atom. The molecule has 12 heteroatoms. The maximum atomic E-state index is 14.7. The number of aromatic nitrogens is 6. The van der Waals surface area contributed by atoms with Crippen molar-refractivity contribution in [1.29, 1.82) is 0 Å². The molecule has 0 unspecified atom stereocenters. The van der Waals surface area contributed by atoms with Crippen LogP contribution in [0.1, 0.15) is 5.56 Å². The number of amides is 1. The number of halogens is 1. The third-order valence-corrected chi connectivity index (χ3v) is 5.60. The van der Waals surface area contributed by atoms with Gasteiger partial charge in [0.25, 0.3) is 0 Å². The van der Waals surface area contributed by atoms with Crippen LogP contribution in [-0.2, 0) is 23.1 Å². The Morgan fingerprint density at radius 2 is 2.11 bits per heavy atom. The third-order valence-electron chi connectivity index (χ3n) is 5.60. The molecule has 1 fully saturated rings. The van der Waals surface area contributed by atoms with Crippen LogP contribution >= 0.6 is 0 Å². The Bertz CT molecular complexity index is 1390. The van der Waals surface area contributed by atoms with E-state index in [2.05, 4.69) is 27.3 Å². The predicted molar refractivity (Wildman–Crippen MR) is 129 cm³/mol. The predicted octanol–water partition coefficient (Wildman–Crippen LogP) is 2.26. The minimum Gasteiger partial charge on any atom is -0.378 e. The van der Waals surface area contributed by atoms with Gasteiger partial charge in [-0.3, -0.25) is 14.0 Å². The number of morpholine rings is 1. The van der Waals surface area contributed by atoms with Gasteiger partial charge in [-0.05, 0) is 18.2 Å². The highest BCUT2D eigenvalue weighted by molar-refractivity contribution is 5.98. The van der Waals surface area contributed by atoms with Gasteiger partial charge in [0.1, 0.15) is 12.1 Å². The molecule has 0 radical (unpaired) electrons. The highest BCUT2D eigenvalue weighted by Crippen LogP contribution is 2.26. The molecule has 1 aliphatic rings. The van der Waals surface area contributed by atoms with E-state index >= 15 is 0 Å². The third kappa shape index (κ3) is 4.68. The van der Waals surface area contributed by atoms with Crippen LogP contribution in [0.4, 0.5) is 21.8 Å². The van der Waals surface area contributed by atoms with Crippen LogP contribution in [-0.4, -0.2) is 61.5 Å². The van der Waals surface area contributed by atoms with Crippen molar-refractivity contribution < 1.29 is 13.9 Å². The summed E-state index contributed by atoms with van der Waals surface area (Å²) in [6.07, 6.45) is 6.40. The van der Waals surface area contributed by atoms with Crippen molar-refractivity contribution in [2.45, 2.75) is 6.54 Å². The van der Waals surface area contributed by atoms with Crippen LogP contribution in [0.5, 0.6) is 0 Å². The Labute approximate surface area is 200 Å². The molecule has 180 valence electrons. The van der Waals surface area contributed by atoms with Crippen molar-refractivity contribution in [2.75, 3.05) is 41.8 Å². The van der Waals surface area contributed by atoms with Gasteiger partial charge in [0.15, 0.2) is 17.0 Å². The summed E-state index contributed by atoms with van der Waals surface area (Å²) < 4.78 is 23.7. The molecular formula is C23H24FN9O2. The molecule has 3 aromatic heterocycles. The number of fused-ring (bicyclic) bond motifs is 1. The van der Waals surface area contributed by atoms with E-state index in [0.29, 0.717) is 60.5 Å². The van der Waals surface area contributed by atoms with E-state index in [0.717, 1.165) is 11.8 Å². The zero-order chi connectivity index (χ0) is 24.4. The van der Waals surface area contributed by atoms with Crippen LogP contribution in [0.25, 0.3) is 16.9 Å². The first-order valence-electron chi connectivity index (χ1n) is 11.0. The summed E-state index contributed by atoms with van der Waals surface area (Å²) in [6, 6.07) is 4.51. The van der Waals surface area contributed by atoms with E-state index in [9.17, 15) is 9.18 Å². The topological polar surface area (TPSA) is 115 Å². The zero-order valence-electron chi connectivity index (χ0n) is 19.1. The maximum Gasteiger partial charge on any atom is 0.247 e. The molecule has 0 atom stereocenters. The van der Waals surface area contributed by atoms with Gasteiger partial charge in [-0.2, -0.15) is 15.1 Å². The van der Waals surface area contributed by atoms with E-state index in [1.165, 1.54) is 6.07 Å².